The smallest absolute Gasteiger partial charge is 0.163 e. The Morgan fingerprint density at radius 3 is 2.75 bits per heavy atom. The van der Waals surface area contributed by atoms with Gasteiger partial charge in [-0.25, -0.2) is 0 Å². The number of carbonyl (C=O) groups is 2. The molecule has 0 bridgehead atoms. The fourth-order valence-electron chi connectivity index (χ4n) is 1.56. The highest BCUT2D eigenvalue weighted by molar-refractivity contribution is 6.04. The largest absolute Gasteiger partial charge is 0.496 e. The van der Waals surface area contributed by atoms with Gasteiger partial charge < -0.3 is 4.74 Å². The second kappa shape index (κ2) is 6.05. The van der Waals surface area contributed by atoms with Gasteiger partial charge in [-0.2, -0.15) is 0 Å². The van der Waals surface area contributed by atoms with E-state index in [2.05, 4.69) is 0 Å². The first kappa shape index (κ1) is 12.4. The lowest BCUT2D eigenvalue weighted by atomic mass is 10.00. The Bertz CT molecular complexity index is 383. The topological polar surface area (TPSA) is 43.4 Å². The van der Waals surface area contributed by atoms with Gasteiger partial charge in [-0.15, -0.1) is 0 Å². The molecule has 0 fully saturated rings. The predicted molar refractivity (Wildman–Crippen MR) is 62.2 cm³/mol. The lowest BCUT2D eigenvalue weighted by molar-refractivity contribution is 0.0972. The van der Waals surface area contributed by atoms with Gasteiger partial charge in [0.2, 0.25) is 0 Å². The molecule has 0 aromatic heterocycles. The van der Waals surface area contributed by atoms with E-state index in [1.807, 2.05) is 6.92 Å². The van der Waals surface area contributed by atoms with Crippen molar-refractivity contribution in [1.29, 1.82) is 0 Å². The molecule has 0 atom stereocenters. The molecule has 0 aliphatic rings. The van der Waals surface area contributed by atoms with Crippen LogP contribution in [0.2, 0.25) is 0 Å². The molecule has 0 unspecified atom stereocenters. The second-order valence-corrected chi connectivity index (χ2v) is 3.57. The zero-order valence-corrected chi connectivity index (χ0v) is 9.66. The molecular weight excluding hydrogens is 204 g/mol. The summed E-state index contributed by atoms with van der Waals surface area (Å²) in [5.74, 6) is 0.459. The molecule has 0 amide bonds. The number of benzene rings is 1. The number of Topliss-reactive ketones (excluding diaryl/α,β-unsaturated/α-hetero) is 1. The van der Waals surface area contributed by atoms with Gasteiger partial charge in [0.1, 0.15) is 5.75 Å². The Labute approximate surface area is 95.4 Å². The summed E-state index contributed by atoms with van der Waals surface area (Å²) in [5.41, 5.74) is 0.814. The van der Waals surface area contributed by atoms with Crippen LogP contribution in [0, 0.1) is 0 Å². The van der Waals surface area contributed by atoms with Crippen molar-refractivity contribution in [3.63, 3.8) is 0 Å². The summed E-state index contributed by atoms with van der Waals surface area (Å²) in [4.78, 5) is 22.8. The summed E-state index contributed by atoms with van der Waals surface area (Å²) in [6.45, 7) is 2.03. The lowest BCUT2D eigenvalue weighted by Gasteiger charge is -2.08. The number of ketones is 1. The van der Waals surface area contributed by atoms with Gasteiger partial charge in [-0.05, 0) is 12.5 Å². The van der Waals surface area contributed by atoms with Gasteiger partial charge in [0.05, 0.1) is 12.7 Å². The van der Waals surface area contributed by atoms with E-state index < -0.39 is 0 Å². The molecule has 0 saturated carbocycles. The van der Waals surface area contributed by atoms with E-state index in [4.69, 9.17) is 4.74 Å². The molecule has 86 valence electrons. The summed E-state index contributed by atoms with van der Waals surface area (Å²) < 4.78 is 5.05. The van der Waals surface area contributed by atoms with Crippen LogP contribution in [0.3, 0.4) is 0 Å². The number of hydrogen-bond acceptors (Lipinski definition) is 3. The van der Waals surface area contributed by atoms with Crippen molar-refractivity contribution in [3.8, 4) is 5.75 Å². The van der Waals surface area contributed by atoms with Gasteiger partial charge in [0.25, 0.3) is 0 Å². The zero-order valence-electron chi connectivity index (χ0n) is 9.66. The molecule has 3 nitrogen and oxygen atoms in total. The molecule has 0 aliphatic heterocycles. The van der Waals surface area contributed by atoms with E-state index in [1.165, 1.54) is 7.11 Å². The molecular formula is C13H16O3. The maximum atomic E-state index is 11.8. The van der Waals surface area contributed by atoms with Crippen LogP contribution in [0.15, 0.2) is 18.2 Å². The molecule has 0 radical (unpaired) electrons. The van der Waals surface area contributed by atoms with Crippen molar-refractivity contribution in [1.82, 2.24) is 0 Å². The summed E-state index contributed by atoms with van der Waals surface area (Å²) in [6, 6.07) is 5.08. The van der Waals surface area contributed by atoms with Crippen LogP contribution in [0.5, 0.6) is 5.75 Å². The van der Waals surface area contributed by atoms with Crippen molar-refractivity contribution < 1.29 is 14.3 Å². The van der Waals surface area contributed by atoms with Gasteiger partial charge in [-0.1, -0.05) is 25.5 Å². The van der Waals surface area contributed by atoms with E-state index in [9.17, 15) is 9.59 Å². The number of aldehydes is 1. The van der Waals surface area contributed by atoms with Crippen LogP contribution >= 0.6 is 0 Å². The van der Waals surface area contributed by atoms with E-state index in [0.29, 0.717) is 29.6 Å². The number of methoxy groups -OCH3 is 1. The average Bonchev–Trinajstić information content (AvgIpc) is 2.34. The standard InChI is InChI=1S/C13H16O3/c1-3-4-7-12(15)10-6-5-8-13(16-2)11(10)9-14/h5-6,8-9H,3-4,7H2,1-2H3. The zero-order chi connectivity index (χ0) is 12.0. The van der Waals surface area contributed by atoms with Crippen molar-refractivity contribution in [3.05, 3.63) is 29.3 Å². The lowest BCUT2D eigenvalue weighted by Crippen LogP contribution is -2.05. The minimum Gasteiger partial charge on any atom is -0.496 e. The summed E-state index contributed by atoms with van der Waals surface area (Å²) >= 11 is 0. The molecule has 0 spiro atoms. The Hall–Kier alpha value is -1.64. The van der Waals surface area contributed by atoms with Gasteiger partial charge in [0.15, 0.2) is 12.1 Å². The van der Waals surface area contributed by atoms with Crippen LogP contribution in [-0.2, 0) is 0 Å². The maximum absolute atomic E-state index is 11.8. The van der Waals surface area contributed by atoms with Crippen molar-refractivity contribution >= 4 is 12.1 Å². The van der Waals surface area contributed by atoms with Crippen LogP contribution in [0.25, 0.3) is 0 Å². The first-order valence-corrected chi connectivity index (χ1v) is 5.40. The number of hydrogen-bond donors (Lipinski definition) is 0. The SMILES string of the molecule is CCCCC(=O)c1cccc(OC)c1C=O. The highest BCUT2D eigenvalue weighted by atomic mass is 16.5. The van der Waals surface area contributed by atoms with Crippen molar-refractivity contribution in [2.24, 2.45) is 0 Å². The summed E-state index contributed by atoms with van der Waals surface area (Å²) in [5, 5.41) is 0. The molecule has 16 heavy (non-hydrogen) atoms. The summed E-state index contributed by atoms with van der Waals surface area (Å²) in [6.07, 6.45) is 2.96. The van der Waals surface area contributed by atoms with Gasteiger partial charge >= 0.3 is 0 Å². The van der Waals surface area contributed by atoms with E-state index >= 15 is 0 Å². The Morgan fingerprint density at radius 1 is 1.44 bits per heavy atom. The third-order valence-electron chi connectivity index (χ3n) is 2.46. The highest BCUT2D eigenvalue weighted by Crippen LogP contribution is 2.21. The molecule has 0 aliphatic carbocycles. The molecule has 3 heteroatoms. The quantitative estimate of drug-likeness (QED) is 0.547. The average molecular weight is 220 g/mol. The molecule has 1 aromatic carbocycles. The van der Waals surface area contributed by atoms with Crippen LogP contribution in [0.1, 0.15) is 46.9 Å². The maximum Gasteiger partial charge on any atom is 0.163 e. The fraction of sp³-hybridized carbons (Fsp3) is 0.385. The fourth-order valence-corrected chi connectivity index (χ4v) is 1.56. The molecule has 0 heterocycles. The number of carbonyl (C=O) groups excluding carboxylic acids is 2. The Kier molecular flexibility index (Phi) is 4.70. The number of ether oxygens (including phenoxy) is 1. The van der Waals surface area contributed by atoms with E-state index in [1.54, 1.807) is 18.2 Å². The normalized spacial score (nSPS) is 9.88. The second-order valence-electron chi connectivity index (χ2n) is 3.57. The van der Waals surface area contributed by atoms with Gasteiger partial charge in [0, 0.05) is 12.0 Å². The molecule has 1 aromatic rings. The first-order valence-electron chi connectivity index (χ1n) is 5.40. The molecule has 0 N–H and O–H groups in total. The van der Waals surface area contributed by atoms with E-state index in [-0.39, 0.29) is 5.78 Å². The van der Waals surface area contributed by atoms with Crippen molar-refractivity contribution in [2.45, 2.75) is 26.2 Å². The van der Waals surface area contributed by atoms with Crippen LogP contribution < -0.4 is 4.74 Å². The number of rotatable bonds is 6. The van der Waals surface area contributed by atoms with Gasteiger partial charge in [-0.3, -0.25) is 9.59 Å². The van der Waals surface area contributed by atoms with Crippen LogP contribution in [-0.4, -0.2) is 19.2 Å². The minimum absolute atomic E-state index is 0.00264. The third-order valence-corrected chi connectivity index (χ3v) is 2.46. The predicted octanol–water partition coefficient (Wildman–Crippen LogP) is 2.88. The van der Waals surface area contributed by atoms with Crippen LogP contribution in [0.4, 0.5) is 0 Å². The van der Waals surface area contributed by atoms with E-state index in [0.717, 1.165) is 12.8 Å². The Balaban J connectivity index is 3.03. The monoisotopic (exact) mass is 220 g/mol. The molecule has 0 saturated heterocycles. The summed E-state index contributed by atoms with van der Waals surface area (Å²) in [7, 11) is 1.49. The highest BCUT2D eigenvalue weighted by Gasteiger charge is 2.14. The minimum atomic E-state index is 0.00264. The van der Waals surface area contributed by atoms with Crippen molar-refractivity contribution in [2.75, 3.05) is 7.11 Å². The molecule has 1 rings (SSSR count). The Morgan fingerprint density at radius 2 is 2.19 bits per heavy atom. The third kappa shape index (κ3) is 2.69. The first-order chi connectivity index (χ1) is 7.74. The number of unbranched alkanes of at least 4 members (excludes halogenated alkanes) is 1.